The predicted octanol–water partition coefficient (Wildman–Crippen LogP) is 7.51. The molecule has 0 saturated heterocycles. The van der Waals surface area contributed by atoms with Crippen LogP contribution in [0.2, 0.25) is 0 Å². The van der Waals surface area contributed by atoms with Crippen LogP contribution >= 0.6 is 60.9 Å². The van der Waals surface area contributed by atoms with Crippen molar-refractivity contribution in [3.63, 3.8) is 0 Å². The molecule has 172 valence electrons. The summed E-state index contributed by atoms with van der Waals surface area (Å²) in [5.74, 6) is 0. The molecule has 3 N–H and O–H groups in total. The molecule has 2 aliphatic rings. The molecule has 0 spiro atoms. The Morgan fingerprint density at radius 2 is 1.55 bits per heavy atom. The molecule has 0 aromatic carbocycles. The third kappa shape index (κ3) is 17.8. The van der Waals surface area contributed by atoms with E-state index in [-0.39, 0.29) is 33.8 Å². The molecule has 1 amide bonds. The summed E-state index contributed by atoms with van der Waals surface area (Å²) >= 11 is 4.92. The maximum atomic E-state index is 11.4. The van der Waals surface area contributed by atoms with Gasteiger partial charge in [-0.05, 0) is 58.6 Å². The lowest BCUT2D eigenvalue weighted by molar-refractivity contribution is 0.0566. The highest BCUT2D eigenvalue weighted by atomic mass is 35.5. The number of carbonyl (C=O) groups excluding carboxylic acids is 2. The number of hydrogen-bond donors (Lipinski definition) is 2. The Balaban J connectivity index is 0.000000444. The highest BCUT2D eigenvalue weighted by molar-refractivity contribution is 8.44. The van der Waals surface area contributed by atoms with Crippen molar-refractivity contribution in [3.8, 4) is 0 Å². The number of ether oxygens (including phenoxy) is 2. The standard InChI is InChI=1S/C8H18NO2P3.C5H7ClO2.C3H12NP3/c1-2-6-14(13-12)9-8(10)11-7-4-3-5-7;6-5(7)8-4-2-1-3-4;1-2-3-7(4)6-5/h7,13H,2-6,12H2,1H3,(H,9,10);4H,1-3H2;6H,2-5H2,1H3. The number of rotatable bonds is 9. The number of carbonyl (C=O) groups is 2. The Morgan fingerprint density at radius 1 is 1.03 bits per heavy atom. The van der Waals surface area contributed by atoms with Crippen LogP contribution in [0.3, 0.4) is 0 Å². The number of nitrogens with two attached hydrogens (primary N) is 1. The number of hydrogen-bond acceptors (Lipinski definition) is 5. The number of amides is 1. The minimum absolute atomic E-state index is 0.0877. The Bertz CT molecular complexity index is 448. The Kier molecular flexibility index (Phi) is 21.3. The molecule has 0 radical (unpaired) electrons. The first-order chi connectivity index (χ1) is 13.9. The Morgan fingerprint density at radius 3 is 1.83 bits per heavy atom. The van der Waals surface area contributed by atoms with Crippen LogP contribution in [0.1, 0.15) is 65.2 Å². The summed E-state index contributed by atoms with van der Waals surface area (Å²) in [7, 11) is 6.61. The minimum Gasteiger partial charge on any atom is -0.450 e. The van der Waals surface area contributed by atoms with Crippen molar-refractivity contribution in [2.45, 2.75) is 77.4 Å². The van der Waals surface area contributed by atoms with E-state index in [1.165, 1.54) is 19.0 Å². The lowest BCUT2D eigenvalue weighted by atomic mass is 9.96. The predicted molar refractivity (Wildman–Crippen MR) is 142 cm³/mol. The summed E-state index contributed by atoms with van der Waals surface area (Å²) in [6.07, 6.45) is 11.2. The smallest absolute Gasteiger partial charge is 0.410 e. The molecule has 13 heteroatoms. The monoisotopic (exact) mass is 542 g/mol. The molecule has 0 aromatic rings. The van der Waals surface area contributed by atoms with Gasteiger partial charge in [-0.3, -0.25) is 5.09 Å². The van der Waals surface area contributed by atoms with Crippen LogP contribution in [0.25, 0.3) is 0 Å². The first-order valence-corrected chi connectivity index (χ1v) is 20.7. The summed E-state index contributed by atoms with van der Waals surface area (Å²) in [6, 6.07) is 0. The van der Waals surface area contributed by atoms with Gasteiger partial charge < -0.3 is 15.0 Å². The van der Waals surface area contributed by atoms with Gasteiger partial charge >= 0.3 is 11.5 Å². The summed E-state index contributed by atoms with van der Waals surface area (Å²) in [5.41, 5.74) is 4.97. The summed E-state index contributed by atoms with van der Waals surface area (Å²) < 4.78 is 9.84. The topological polar surface area (TPSA) is 90.6 Å². The zero-order valence-corrected chi connectivity index (χ0v) is 24.2. The van der Waals surface area contributed by atoms with Gasteiger partial charge in [-0.15, -0.1) is 17.9 Å². The van der Waals surface area contributed by atoms with E-state index >= 15 is 0 Å². The molecule has 29 heavy (non-hydrogen) atoms. The van der Waals surface area contributed by atoms with Crippen molar-refractivity contribution >= 4 is 72.4 Å². The van der Waals surface area contributed by atoms with Crippen molar-refractivity contribution in [1.29, 1.82) is 0 Å². The van der Waals surface area contributed by atoms with Gasteiger partial charge in [-0.1, -0.05) is 42.6 Å². The molecule has 6 atom stereocenters. The average Bonchev–Trinajstić information content (AvgIpc) is 2.62. The molecular weight excluding hydrogens is 505 g/mol. The summed E-state index contributed by atoms with van der Waals surface area (Å²) in [6.45, 7) is 4.31. The Labute approximate surface area is 191 Å². The van der Waals surface area contributed by atoms with E-state index in [1.54, 1.807) is 0 Å². The van der Waals surface area contributed by atoms with Crippen molar-refractivity contribution in [2.75, 3.05) is 12.3 Å². The van der Waals surface area contributed by atoms with Crippen LogP contribution in [0, 0.1) is 0 Å². The maximum Gasteiger partial charge on any atom is 0.410 e. The number of nitrogens with one attached hydrogen (secondary N) is 1. The molecule has 6 unspecified atom stereocenters. The van der Waals surface area contributed by atoms with Crippen molar-refractivity contribution in [1.82, 2.24) is 5.09 Å². The van der Waals surface area contributed by atoms with E-state index in [0.717, 1.165) is 60.6 Å². The highest BCUT2D eigenvalue weighted by Crippen LogP contribution is 2.57. The van der Waals surface area contributed by atoms with E-state index in [0.29, 0.717) is 0 Å². The molecule has 2 saturated carbocycles. The van der Waals surface area contributed by atoms with Crippen LogP contribution in [0.5, 0.6) is 0 Å². The van der Waals surface area contributed by atoms with Crippen molar-refractivity contribution in [2.24, 2.45) is 5.50 Å². The molecule has 0 aromatic heterocycles. The van der Waals surface area contributed by atoms with Crippen LogP contribution < -0.4 is 10.6 Å². The second-order valence-corrected chi connectivity index (χ2v) is 19.9. The molecule has 2 fully saturated rings. The summed E-state index contributed by atoms with van der Waals surface area (Å²) in [5, 5.41) is 2.96. The van der Waals surface area contributed by atoms with Gasteiger partial charge in [0.05, 0.1) is 0 Å². The highest BCUT2D eigenvalue weighted by Gasteiger charge is 2.22. The zero-order valence-electron chi connectivity index (χ0n) is 17.4. The fraction of sp³-hybridized carbons (Fsp3) is 0.875. The first-order valence-electron chi connectivity index (χ1n) is 9.91. The van der Waals surface area contributed by atoms with Gasteiger partial charge in [0, 0.05) is 19.4 Å². The van der Waals surface area contributed by atoms with E-state index in [1.807, 2.05) is 0 Å². The lowest BCUT2D eigenvalue weighted by Crippen LogP contribution is -2.29. The maximum absolute atomic E-state index is 11.4. The van der Waals surface area contributed by atoms with Gasteiger partial charge in [0.15, 0.2) is 0 Å². The normalized spacial score (nSPS) is 18.6. The van der Waals surface area contributed by atoms with Gasteiger partial charge in [-0.25, -0.2) is 9.59 Å². The third-order valence-electron chi connectivity index (χ3n) is 4.10. The quantitative estimate of drug-likeness (QED) is 0.232. The SMILES string of the molecule is CCCP(N)PP.CCCP(NC(=O)OC1CCC1)PP.O=C(Cl)OC1CCC1. The molecule has 6 nitrogen and oxygen atoms in total. The second kappa shape index (κ2) is 20.2. The molecule has 2 aliphatic carbocycles. The van der Waals surface area contributed by atoms with Gasteiger partial charge in [0.2, 0.25) is 0 Å². The molecule has 0 bridgehead atoms. The fourth-order valence-electron chi connectivity index (χ4n) is 2.08. The minimum atomic E-state index is -0.672. The number of halogens is 1. The molecule has 0 aliphatic heterocycles. The van der Waals surface area contributed by atoms with Crippen LogP contribution in [-0.4, -0.2) is 36.1 Å². The van der Waals surface area contributed by atoms with E-state index in [9.17, 15) is 9.59 Å². The van der Waals surface area contributed by atoms with Crippen molar-refractivity contribution in [3.05, 3.63) is 0 Å². The van der Waals surface area contributed by atoms with Crippen molar-refractivity contribution < 1.29 is 19.1 Å². The third-order valence-corrected chi connectivity index (χ3v) is 16.5. The van der Waals surface area contributed by atoms with E-state index < -0.39 is 5.43 Å². The zero-order chi connectivity index (χ0) is 22.1. The molecule has 0 heterocycles. The fourth-order valence-corrected chi connectivity index (χ4v) is 9.33. The van der Waals surface area contributed by atoms with E-state index in [2.05, 4.69) is 41.5 Å². The van der Waals surface area contributed by atoms with Crippen LogP contribution in [0.4, 0.5) is 9.59 Å². The second-order valence-electron chi connectivity index (χ2n) is 6.58. The van der Waals surface area contributed by atoms with Gasteiger partial charge in [-0.2, -0.15) is 0 Å². The molecular formula is C16H37ClN2O4P6. The first kappa shape index (κ1) is 30.6. The van der Waals surface area contributed by atoms with E-state index in [4.69, 9.17) is 21.8 Å². The molecule has 2 rings (SSSR count). The average molecular weight is 543 g/mol. The van der Waals surface area contributed by atoms with Gasteiger partial charge in [0.25, 0.3) is 0 Å². The summed E-state index contributed by atoms with van der Waals surface area (Å²) in [4.78, 5) is 21.4. The lowest BCUT2D eigenvalue weighted by Gasteiger charge is -2.26. The van der Waals surface area contributed by atoms with Gasteiger partial charge in [0.1, 0.15) is 12.2 Å². The Hall–Kier alpha value is 1.57. The van der Waals surface area contributed by atoms with Crippen LogP contribution in [0.15, 0.2) is 0 Å². The van der Waals surface area contributed by atoms with Crippen LogP contribution in [-0.2, 0) is 9.47 Å². The largest absolute Gasteiger partial charge is 0.450 e.